The molecule has 0 aromatic carbocycles. The van der Waals surface area contributed by atoms with Gasteiger partial charge in [-0.25, -0.2) is 0 Å². The van der Waals surface area contributed by atoms with Crippen LogP contribution in [0.25, 0.3) is 11.4 Å². The molecule has 0 aliphatic carbocycles. The van der Waals surface area contributed by atoms with Crippen molar-refractivity contribution in [2.24, 2.45) is 0 Å². The third-order valence-electron chi connectivity index (χ3n) is 2.63. The Labute approximate surface area is 106 Å². The summed E-state index contributed by atoms with van der Waals surface area (Å²) in [5.74, 6) is 1.42. The summed E-state index contributed by atoms with van der Waals surface area (Å²) in [4.78, 5) is 18.8. The normalized spacial score (nSPS) is 10.3. The number of aromatic nitrogens is 4. The zero-order valence-electron chi connectivity index (χ0n) is 10.5. The molecule has 0 fully saturated rings. The molecule has 18 heavy (non-hydrogen) atoms. The number of anilines is 2. The van der Waals surface area contributed by atoms with Crippen LogP contribution in [0.2, 0.25) is 0 Å². The van der Waals surface area contributed by atoms with E-state index < -0.39 is 0 Å². The van der Waals surface area contributed by atoms with Gasteiger partial charge in [-0.15, -0.1) is 0 Å². The Balaban J connectivity index is 2.44. The van der Waals surface area contributed by atoms with E-state index in [9.17, 15) is 0 Å². The van der Waals surface area contributed by atoms with E-state index in [1.165, 1.54) is 0 Å². The lowest BCUT2D eigenvalue weighted by atomic mass is 10.2. The molecule has 2 aromatic rings. The van der Waals surface area contributed by atoms with Gasteiger partial charge in [-0.05, 0) is 26.0 Å². The molecule has 0 spiro atoms. The molecule has 94 valence electrons. The summed E-state index contributed by atoms with van der Waals surface area (Å²) in [6.45, 7) is 5.76. The Kier molecular flexibility index (Phi) is 3.66. The Morgan fingerprint density at radius 1 is 1.06 bits per heavy atom. The maximum atomic E-state index is 5.74. The second kappa shape index (κ2) is 5.39. The average molecular weight is 244 g/mol. The summed E-state index contributed by atoms with van der Waals surface area (Å²) in [6, 6.07) is 3.70. The standard InChI is InChI=1S/C12H16N6/c1-3-18(4-2)12-16-10(15-11(13)17-12)9-5-7-14-8-6-9/h5-8H,3-4H2,1-2H3,(H2,13,15,16,17). The van der Waals surface area contributed by atoms with Crippen LogP contribution in [0, 0.1) is 0 Å². The smallest absolute Gasteiger partial charge is 0.230 e. The number of pyridine rings is 1. The van der Waals surface area contributed by atoms with Gasteiger partial charge in [-0.2, -0.15) is 15.0 Å². The van der Waals surface area contributed by atoms with Crippen LogP contribution in [0.5, 0.6) is 0 Å². The molecule has 0 aliphatic heterocycles. The van der Waals surface area contributed by atoms with E-state index in [0.717, 1.165) is 18.7 Å². The van der Waals surface area contributed by atoms with Gasteiger partial charge in [0, 0.05) is 31.0 Å². The Hall–Kier alpha value is -2.24. The molecule has 0 bridgehead atoms. The van der Waals surface area contributed by atoms with Gasteiger partial charge < -0.3 is 10.6 Å². The van der Waals surface area contributed by atoms with Crippen LogP contribution in [0.15, 0.2) is 24.5 Å². The molecule has 0 radical (unpaired) electrons. The summed E-state index contributed by atoms with van der Waals surface area (Å²) in [5, 5.41) is 0. The van der Waals surface area contributed by atoms with Crippen molar-refractivity contribution in [1.29, 1.82) is 0 Å². The predicted molar refractivity (Wildman–Crippen MR) is 71.0 cm³/mol. The number of rotatable bonds is 4. The van der Waals surface area contributed by atoms with Gasteiger partial charge in [0.15, 0.2) is 5.82 Å². The molecule has 2 heterocycles. The fourth-order valence-electron chi connectivity index (χ4n) is 1.66. The first-order valence-corrected chi connectivity index (χ1v) is 5.91. The first-order chi connectivity index (χ1) is 8.74. The number of nitrogens with zero attached hydrogens (tertiary/aromatic N) is 5. The number of hydrogen-bond acceptors (Lipinski definition) is 6. The molecule has 2 rings (SSSR count). The second-order valence-corrected chi connectivity index (χ2v) is 3.73. The lowest BCUT2D eigenvalue weighted by molar-refractivity contribution is 0.816. The molecule has 2 aromatic heterocycles. The minimum absolute atomic E-state index is 0.235. The highest BCUT2D eigenvalue weighted by Crippen LogP contribution is 2.17. The van der Waals surface area contributed by atoms with E-state index in [1.807, 2.05) is 17.0 Å². The van der Waals surface area contributed by atoms with E-state index in [4.69, 9.17) is 5.73 Å². The average Bonchev–Trinajstić information content (AvgIpc) is 2.40. The van der Waals surface area contributed by atoms with Crippen molar-refractivity contribution in [3.8, 4) is 11.4 Å². The molecule has 6 heteroatoms. The molecule has 0 unspecified atom stereocenters. The van der Waals surface area contributed by atoms with Crippen molar-refractivity contribution < 1.29 is 0 Å². The monoisotopic (exact) mass is 244 g/mol. The zero-order chi connectivity index (χ0) is 13.0. The van der Waals surface area contributed by atoms with Crippen molar-refractivity contribution in [3.63, 3.8) is 0 Å². The van der Waals surface area contributed by atoms with E-state index in [-0.39, 0.29) is 5.95 Å². The maximum Gasteiger partial charge on any atom is 0.230 e. The van der Waals surface area contributed by atoms with Crippen LogP contribution < -0.4 is 10.6 Å². The van der Waals surface area contributed by atoms with Crippen LogP contribution >= 0.6 is 0 Å². The number of nitrogens with two attached hydrogens (primary N) is 1. The SMILES string of the molecule is CCN(CC)c1nc(N)nc(-c2ccncc2)n1. The highest BCUT2D eigenvalue weighted by molar-refractivity contribution is 5.56. The van der Waals surface area contributed by atoms with E-state index >= 15 is 0 Å². The van der Waals surface area contributed by atoms with Crippen LogP contribution in [-0.2, 0) is 0 Å². The third kappa shape index (κ3) is 2.53. The minimum atomic E-state index is 0.235. The van der Waals surface area contributed by atoms with Crippen LogP contribution in [0.4, 0.5) is 11.9 Å². The van der Waals surface area contributed by atoms with Gasteiger partial charge in [0.25, 0.3) is 0 Å². The van der Waals surface area contributed by atoms with Gasteiger partial charge in [-0.3, -0.25) is 4.98 Å². The van der Waals surface area contributed by atoms with Gasteiger partial charge in [0.2, 0.25) is 11.9 Å². The third-order valence-corrected chi connectivity index (χ3v) is 2.63. The van der Waals surface area contributed by atoms with Crippen molar-refractivity contribution in [1.82, 2.24) is 19.9 Å². The minimum Gasteiger partial charge on any atom is -0.368 e. The molecule has 2 N–H and O–H groups in total. The van der Waals surface area contributed by atoms with Gasteiger partial charge in [0.1, 0.15) is 0 Å². The maximum absolute atomic E-state index is 5.74. The highest BCUT2D eigenvalue weighted by atomic mass is 15.3. The molecular weight excluding hydrogens is 228 g/mol. The van der Waals surface area contributed by atoms with Crippen LogP contribution in [0.1, 0.15) is 13.8 Å². The molecule has 0 aliphatic rings. The lowest BCUT2D eigenvalue weighted by Crippen LogP contribution is -2.25. The van der Waals surface area contributed by atoms with Crippen molar-refractivity contribution in [2.45, 2.75) is 13.8 Å². The molecule has 0 amide bonds. The quantitative estimate of drug-likeness (QED) is 0.874. The number of nitrogen functional groups attached to an aromatic ring is 1. The van der Waals surface area contributed by atoms with Crippen LogP contribution in [0.3, 0.4) is 0 Å². The molecule has 6 nitrogen and oxygen atoms in total. The van der Waals surface area contributed by atoms with Crippen LogP contribution in [-0.4, -0.2) is 33.0 Å². The molecular formula is C12H16N6. The topological polar surface area (TPSA) is 80.8 Å². The fourth-order valence-corrected chi connectivity index (χ4v) is 1.66. The summed E-state index contributed by atoms with van der Waals surface area (Å²) in [5.41, 5.74) is 6.62. The molecule has 0 atom stereocenters. The van der Waals surface area contributed by atoms with E-state index in [1.54, 1.807) is 12.4 Å². The highest BCUT2D eigenvalue weighted by Gasteiger charge is 2.10. The lowest BCUT2D eigenvalue weighted by Gasteiger charge is -2.18. The fraction of sp³-hybridized carbons (Fsp3) is 0.333. The van der Waals surface area contributed by atoms with E-state index in [0.29, 0.717) is 11.8 Å². The summed E-state index contributed by atoms with van der Waals surface area (Å²) in [7, 11) is 0. The first-order valence-electron chi connectivity index (χ1n) is 5.91. The predicted octanol–water partition coefficient (Wildman–Crippen LogP) is 1.36. The summed E-state index contributed by atoms with van der Waals surface area (Å²) < 4.78 is 0. The van der Waals surface area contributed by atoms with Crippen molar-refractivity contribution in [2.75, 3.05) is 23.7 Å². The van der Waals surface area contributed by atoms with Crippen molar-refractivity contribution in [3.05, 3.63) is 24.5 Å². The molecule has 0 saturated carbocycles. The summed E-state index contributed by atoms with van der Waals surface area (Å²) >= 11 is 0. The van der Waals surface area contributed by atoms with Crippen molar-refractivity contribution >= 4 is 11.9 Å². The second-order valence-electron chi connectivity index (χ2n) is 3.73. The summed E-state index contributed by atoms with van der Waals surface area (Å²) in [6.07, 6.45) is 3.40. The van der Waals surface area contributed by atoms with Gasteiger partial charge in [-0.1, -0.05) is 0 Å². The Bertz CT molecular complexity index is 509. The Morgan fingerprint density at radius 3 is 2.33 bits per heavy atom. The van der Waals surface area contributed by atoms with Gasteiger partial charge in [0.05, 0.1) is 0 Å². The largest absolute Gasteiger partial charge is 0.368 e. The first kappa shape index (κ1) is 12.2. The molecule has 0 saturated heterocycles. The Morgan fingerprint density at radius 2 is 1.72 bits per heavy atom. The zero-order valence-corrected chi connectivity index (χ0v) is 10.5. The van der Waals surface area contributed by atoms with Gasteiger partial charge >= 0.3 is 0 Å². The number of hydrogen-bond donors (Lipinski definition) is 1. The van der Waals surface area contributed by atoms with E-state index in [2.05, 4.69) is 33.8 Å².